The van der Waals surface area contributed by atoms with E-state index in [1.807, 2.05) is 4.90 Å². The van der Waals surface area contributed by atoms with Gasteiger partial charge in [-0.05, 0) is 30.9 Å². The second-order valence-electron chi connectivity index (χ2n) is 6.19. The predicted molar refractivity (Wildman–Crippen MR) is 85.2 cm³/mol. The average Bonchev–Trinajstić information content (AvgIpc) is 3.02. The third-order valence-corrected chi connectivity index (χ3v) is 4.26. The van der Waals surface area contributed by atoms with Crippen LogP contribution in [-0.2, 0) is 11.2 Å². The van der Waals surface area contributed by atoms with Crippen LogP contribution in [0.2, 0.25) is 0 Å². The van der Waals surface area contributed by atoms with Gasteiger partial charge in [0.05, 0.1) is 11.8 Å². The maximum absolute atomic E-state index is 13.7. The van der Waals surface area contributed by atoms with Crippen molar-refractivity contribution in [3.05, 3.63) is 42.2 Å². The van der Waals surface area contributed by atoms with Gasteiger partial charge < -0.3 is 9.32 Å². The highest BCUT2D eigenvalue weighted by atomic mass is 19.1. The lowest BCUT2D eigenvalue weighted by Gasteiger charge is -2.30. The zero-order valence-electron chi connectivity index (χ0n) is 13.3. The summed E-state index contributed by atoms with van der Waals surface area (Å²) < 4.78 is 19.3. The molecular weight excluding hydrogens is 295 g/mol. The van der Waals surface area contributed by atoms with Crippen LogP contribution < -0.4 is 0 Å². The molecule has 1 amide bonds. The number of oxazole rings is 1. The first-order valence-corrected chi connectivity index (χ1v) is 8.11. The number of hydrogen-bond donors (Lipinski definition) is 0. The lowest BCUT2D eigenvalue weighted by Crippen LogP contribution is -2.39. The summed E-state index contributed by atoms with van der Waals surface area (Å²) in [6, 6.07) is 6.43. The fraction of sp³-hybridized carbons (Fsp3) is 0.444. The van der Waals surface area contributed by atoms with Crippen molar-refractivity contribution in [2.24, 2.45) is 5.92 Å². The van der Waals surface area contributed by atoms with Gasteiger partial charge in [0, 0.05) is 25.9 Å². The Morgan fingerprint density at radius 2 is 2.26 bits per heavy atom. The lowest BCUT2D eigenvalue weighted by atomic mass is 10.00. The van der Waals surface area contributed by atoms with E-state index in [9.17, 15) is 9.18 Å². The van der Waals surface area contributed by atoms with E-state index in [1.165, 1.54) is 18.7 Å². The van der Waals surface area contributed by atoms with Crippen molar-refractivity contribution in [1.82, 2.24) is 9.88 Å². The number of rotatable bonds is 4. The van der Waals surface area contributed by atoms with Crippen LogP contribution in [0.4, 0.5) is 4.39 Å². The minimum Gasteiger partial charge on any atom is -0.441 e. The number of halogens is 1. The molecule has 1 unspecified atom stereocenters. The smallest absolute Gasteiger partial charge is 0.223 e. The van der Waals surface area contributed by atoms with Crippen molar-refractivity contribution in [3.63, 3.8) is 0 Å². The first-order chi connectivity index (χ1) is 11.1. The molecule has 1 aromatic heterocycles. The van der Waals surface area contributed by atoms with E-state index in [4.69, 9.17) is 4.42 Å². The number of carbonyl (C=O) groups is 1. The first kappa shape index (κ1) is 15.7. The Kier molecular flexibility index (Phi) is 4.74. The molecule has 122 valence electrons. The second kappa shape index (κ2) is 6.94. The van der Waals surface area contributed by atoms with Gasteiger partial charge in [-0.15, -0.1) is 0 Å². The van der Waals surface area contributed by atoms with E-state index >= 15 is 0 Å². The van der Waals surface area contributed by atoms with Gasteiger partial charge in [0.15, 0.2) is 11.7 Å². The standard InChI is InChI=1S/C18H21FN2O2/c1-13-5-4-10-21(12-13)18(22)9-8-17-20-11-16(23-17)14-6-2-3-7-15(14)19/h2-3,6-7,11,13H,4-5,8-10,12H2,1H3. The van der Waals surface area contributed by atoms with Crippen LogP contribution in [-0.4, -0.2) is 28.9 Å². The molecule has 4 nitrogen and oxygen atoms in total. The molecule has 0 bridgehead atoms. The second-order valence-corrected chi connectivity index (χ2v) is 6.19. The third-order valence-electron chi connectivity index (χ3n) is 4.26. The molecule has 2 aromatic rings. The maximum Gasteiger partial charge on any atom is 0.223 e. The number of piperidine rings is 1. The number of hydrogen-bond acceptors (Lipinski definition) is 3. The minimum absolute atomic E-state index is 0.141. The number of aryl methyl sites for hydroxylation is 1. The average molecular weight is 316 g/mol. The molecule has 0 aliphatic carbocycles. The van der Waals surface area contributed by atoms with Gasteiger partial charge in [-0.1, -0.05) is 19.1 Å². The molecule has 1 saturated heterocycles. The zero-order chi connectivity index (χ0) is 16.2. The summed E-state index contributed by atoms with van der Waals surface area (Å²) in [5.41, 5.74) is 0.391. The summed E-state index contributed by atoms with van der Waals surface area (Å²) in [5.74, 6) is 1.25. The number of likely N-dealkylation sites (tertiary alicyclic amines) is 1. The quantitative estimate of drug-likeness (QED) is 0.864. The fourth-order valence-electron chi connectivity index (χ4n) is 3.00. The molecule has 5 heteroatoms. The van der Waals surface area contributed by atoms with Crippen molar-refractivity contribution in [2.45, 2.75) is 32.6 Å². The summed E-state index contributed by atoms with van der Waals surface area (Å²) in [6.45, 7) is 3.86. The highest BCUT2D eigenvalue weighted by molar-refractivity contribution is 5.76. The Morgan fingerprint density at radius 3 is 3.04 bits per heavy atom. The van der Waals surface area contributed by atoms with E-state index in [-0.39, 0.29) is 11.7 Å². The van der Waals surface area contributed by atoms with E-state index in [2.05, 4.69) is 11.9 Å². The molecule has 1 aliphatic heterocycles. The third kappa shape index (κ3) is 3.78. The molecule has 0 saturated carbocycles. The predicted octanol–water partition coefficient (Wildman–Crippen LogP) is 3.67. The van der Waals surface area contributed by atoms with Gasteiger partial charge in [0.2, 0.25) is 5.91 Å². The Labute approximate surface area is 135 Å². The number of aromatic nitrogens is 1. The fourth-order valence-corrected chi connectivity index (χ4v) is 3.00. The van der Waals surface area contributed by atoms with E-state index in [1.54, 1.807) is 18.2 Å². The molecule has 1 fully saturated rings. The number of amides is 1. The van der Waals surface area contributed by atoms with Crippen LogP contribution >= 0.6 is 0 Å². The van der Waals surface area contributed by atoms with Gasteiger partial charge in [0.25, 0.3) is 0 Å². The van der Waals surface area contributed by atoms with Gasteiger partial charge >= 0.3 is 0 Å². The lowest BCUT2D eigenvalue weighted by molar-refractivity contribution is -0.132. The molecule has 0 N–H and O–H groups in total. The normalized spacial score (nSPS) is 18.2. The van der Waals surface area contributed by atoms with Crippen LogP contribution in [0, 0.1) is 11.7 Å². The Balaban J connectivity index is 1.59. The van der Waals surface area contributed by atoms with Crippen molar-refractivity contribution in [1.29, 1.82) is 0 Å². The highest BCUT2D eigenvalue weighted by Gasteiger charge is 2.21. The molecule has 1 aromatic carbocycles. The van der Waals surface area contributed by atoms with Gasteiger partial charge in [-0.3, -0.25) is 4.79 Å². The first-order valence-electron chi connectivity index (χ1n) is 8.11. The van der Waals surface area contributed by atoms with Gasteiger partial charge in [0.1, 0.15) is 5.82 Å². The molecule has 0 radical (unpaired) electrons. The number of nitrogens with zero attached hydrogens (tertiary/aromatic N) is 2. The highest BCUT2D eigenvalue weighted by Crippen LogP contribution is 2.24. The molecular formula is C18H21FN2O2. The van der Waals surface area contributed by atoms with Crippen molar-refractivity contribution < 1.29 is 13.6 Å². The van der Waals surface area contributed by atoms with Crippen LogP contribution in [0.15, 0.2) is 34.9 Å². The van der Waals surface area contributed by atoms with Crippen molar-refractivity contribution in [2.75, 3.05) is 13.1 Å². The Bertz CT molecular complexity index is 683. The maximum atomic E-state index is 13.7. The van der Waals surface area contributed by atoms with Gasteiger partial charge in [-0.2, -0.15) is 0 Å². The summed E-state index contributed by atoms with van der Waals surface area (Å²) >= 11 is 0. The topological polar surface area (TPSA) is 46.3 Å². The Morgan fingerprint density at radius 1 is 1.43 bits per heavy atom. The van der Waals surface area contributed by atoms with Gasteiger partial charge in [-0.25, -0.2) is 9.37 Å². The minimum atomic E-state index is -0.339. The van der Waals surface area contributed by atoms with E-state index in [0.29, 0.717) is 36.0 Å². The summed E-state index contributed by atoms with van der Waals surface area (Å²) in [7, 11) is 0. The molecule has 23 heavy (non-hydrogen) atoms. The van der Waals surface area contributed by atoms with Crippen molar-refractivity contribution in [3.8, 4) is 11.3 Å². The SMILES string of the molecule is CC1CCCN(C(=O)CCc2ncc(-c3ccccc3F)o2)C1. The summed E-state index contributed by atoms with van der Waals surface area (Å²) in [6.07, 6.45) is 4.60. The molecule has 2 heterocycles. The van der Waals surface area contributed by atoms with Crippen LogP contribution in [0.25, 0.3) is 11.3 Å². The zero-order valence-corrected chi connectivity index (χ0v) is 13.3. The van der Waals surface area contributed by atoms with Crippen molar-refractivity contribution >= 4 is 5.91 Å². The number of carbonyl (C=O) groups excluding carboxylic acids is 1. The molecule has 0 spiro atoms. The summed E-state index contributed by atoms with van der Waals surface area (Å²) in [5, 5.41) is 0. The largest absolute Gasteiger partial charge is 0.441 e. The molecule has 1 atom stereocenters. The van der Waals surface area contributed by atoms with Crippen LogP contribution in [0.5, 0.6) is 0 Å². The van der Waals surface area contributed by atoms with Crippen LogP contribution in [0.3, 0.4) is 0 Å². The monoisotopic (exact) mass is 316 g/mol. The van der Waals surface area contributed by atoms with E-state index in [0.717, 1.165) is 19.5 Å². The van der Waals surface area contributed by atoms with Crippen LogP contribution in [0.1, 0.15) is 32.1 Å². The number of benzene rings is 1. The molecule has 1 aliphatic rings. The Hall–Kier alpha value is -2.17. The summed E-state index contributed by atoms with van der Waals surface area (Å²) in [4.78, 5) is 18.3. The molecule has 3 rings (SSSR count). The van der Waals surface area contributed by atoms with E-state index < -0.39 is 0 Å².